The van der Waals surface area contributed by atoms with E-state index in [0.29, 0.717) is 16.0 Å². The van der Waals surface area contributed by atoms with Gasteiger partial charge in [0, 0.05) is 16.4 Å². The molecular formula is C13H13BrN2O. The summed E-state index contributed by atoms with van der Waals surface area (Å²) in [5.41, 5.74) is 1.18. The lowest BCUT2D eigenvalue weighted by Gasteiger charge is -2.15. The highest BCUT2D eigenvalue weighted by Gasteiger charge is 2.26. The van der Waals surface area contributed by atoms with Crippen molar-refractivity contribution >= 4 is 21.8 Å². The van der Waals surface area contributed by atoms with E-state index >= 15 is 0 Å². The van der Waals surface area contributed by atoms with Crippen molar-refractivity contribution in [2.75, 3.05) is 0 Å². The topological polar surface area (TPSA) is 52.9 Å². The average molecular weight is 293 g/mol. The van der Waals surface area contributed by atoms with Crippen LogP contribution in [0.1, 0.15) is 35.2 Å². The van der Waals surface area contributed by atoms with E-state index in [9.17, 15) is 4.79 Å². The first-order valence-corrected chi connectivity index (χ1v) is 6.57. The van der Waals surface area contributed by atoms with E-state index in [1.807, 2.05) is 6.07 Å². The molecule has 2 rings (SSSR count). The van der Waals surface area contributed by atoms with Crippen molar-refractivity contribution in [2.45, 2.75) is 30.1 Å². The quantitative estimate of drug-likeness (QED) is 0.852. The Balaban J connectivity index is 2.02. The third kappa shape index (κ3) is 2.86. The lowest BCUT2D eigenvalue weighted by molar-refractivity contribution is 0.0939. The zero-order chi connectivity index (χ0) is 12.3. The second kappa shape index (κ2) is 5.33. The molecule has 1 fully saturated rings. The monoisotopic (exact) mass is 292 g/mol. The van der Waals surface area contributed by atoms with Gasteiger partial charge in [-0.3, -0.25) is 4.79 Å². The summed E-state index contributed by atoms with van der Waals surface area (Å²) in [6, 6.07) is 8.95. The normalized spacial score (nSPS) is 23.1. The average Bonchev–Trinajstić information content (AvgIpc) is 2.75. The van der Waals surface area contributed by atoms with Crippen molar-refractivity contribution < 1.29 is 4.79 Å². The van der Waals surface area contributed by atoms with Crippen molar-refractivity contribution in [3.05, 3.63) is 35.4 Å². The zero-order valence-electron chi connectivity index (χ0n) is 9.32. The van der Waals surface area contributed by atoms with Gasteiger partial charge < -0.3 is 5.32 Å². The molecule has 3 nitrogen and oxygen atoms in total. The molecule has 0 radical (unpaired) electrons. The van der Waals surface area contributed by atoms with Crippen molar-refractivity contribution in [3.8, 4) is 6.07 Å². The number of nitrogens with one attached hydrogen (secondary N) is 1. The van der Waals surface area contributed by atoms with Crippen LogP contribution in [0.25, 0.3) is 0 Å². The van der Waals surface area contributed by atoms with Crippen LogP contribution < -0.4 is 5.32 Å². The lowest BCUT2D eigenvalue weighted by atomic mass is 10.1. The molecule has 1 amide bonds. The van der Waals surface area contributed by atoms with Gasteiger partial charge in [-0.25, -0.2) is 0 Å². The van der Waals surface area contributed by atoms with Gasteiger partial charge in [0.05, 0.1) is 11.6 Å². The van der Waals surface area contributed by atoms with Gasteiger partial charge in [-0.2, -0.15) is 5.26 Å². The van der Waals surface area contributed by atoms with Crippen molar-refractivity contribution in [1.82, 2.24) is 5.32 Å². The first-order valence-electron chi connectivity index (χ1n) is 5.66. The number of rotatable bonds is 2. The minimum Gasteiger partial charge on any atom is -0.348 e. The first-order chi connectivity index (χ1) is 8.20. The number of halogens is 1. The molecule has 1 aliphatic rings. The fourth-order valence-electron chi connectivity index (χ4n) is 2.03. The highest BCUT2D eigenvalue weighted by Crippen LogP contribution is 2.25. The molecule has 2 unspecified atom stereocenters. The van der Waals surface area contributed by atoms with Gasteiger partial charge in [0.15, 0.2) is 0 Å². The molecule has 0 heterocycles. The molecule has 1 saturated carbocycles. The fourth-order valence-corrected chi connectivity index (χ4v) is 2.75. The van der Waals surface area contributed by atoms with E-state index in [1.54, 1.807) is 24.3 Å². The number of carbonyl (C=O) groups excluding carboxylic acids is 1. The van der Waals surface area contributed by atoms with Crippen molar-refractivity contribution in [3.63, 3.8) is 0 Å². The Morgan fingerprint density at radius 3 is 2.59 bits per heavy atom. The number of nitrogens with zero attached hydrogens (tertiary/aromatic N) is 1. The minimum atomic E-state index is -0.0640. The van der Waals surface area contributed by atoms with Gasteiger partial charge in [0.2, 0.25) is 0 Å². The number of carbonyl (C=O) groups is 1. The van der Waals surface area contributed by atoms with E-state index < -0.39 is 0 Å². The predicted octanol–water partition coefficient (Wildman–Crippen LogP) is 2.60. The van der Waals surface area contributed by atoms with Crippen LogP contribution in [-0.4, -0.2) is 16.8 Å². The van der Waals surface area contributed by atoms with Crippen LogP contribution >= 0.6 is 15.9 Å². The molecule has 17 heavy (non-hydrogen) atoms. The summed E-state index contributed by atoms with van der Waals surface area (Å²) in [6.45, 7) is 0. The van der Waals surface area contributed by atoms with Crippen LogP contribution in [-0.2, 0) is 0 Å². The molecule has 0 spiro atoms. The van der Waals surface area contributed by atoms with Crippen LogP contribution in [0, 0.1) is 11.3 Å². The van der Waals surface area contributed by atoms with E-state index in [-0.39, 0.29) is 11.9 Å². The molecule has 88 valence electrons. The SMILES string of the molecule is N#Cc1ccc(C(=O)NC2CCCC2Br)cc1. The molecule has 1 aromatic rings. The Kier molecular flexibility index (Phi) is 3.80. The first kappa shape index (κ1) is 12.1. The largest absolute Gasteiger partial charge is 0.348 e. The standard InChI is InChI=1S/C13H13BrN2O/c14-11-2-1-3-12(11)16-13(17)10-6-4-9(8-15)5-7-10/h4-7,11-12H,1-3H2,(H,16,17). The lowest BCUT2D eigenvalue weighted by Crippen LogP contribution is -2.37. The number of alkyl halides is 1. The Bertz CT molecular complexity index is 449. The third-order valence-electron chi connectivity index (χ3n) is 3.02. The summed E-state index contributed by atoms with van der Waals surface area (Å²) < 4.78 is 0. The highest BCUT2D eigenvalue weighted by molar-refractivity contribution is 9.09. The fraction of sp³-hybridized carbons (Fsp3) is 0.385. The van der Waals surface area contributed by atoms with Gasteiger partial charge in [-0.1, -0.05) is 22.4 Å². The second-order valence-electron chi connectivity index (χ2n) is 4.22. The van der Waals surface area contributed by atoms with E-state index in [4.69, 9.17) is 5.26 Å². The highest BCUT2D eigenvalue weighted by atomic mass is 79.9. The maximum absolute atomic E-state index is 11.9. The molecule has 0 aliphatic heterocycles. The molecular weight excluding hydrogens is 280 g/mol. The second-order valence-corrected chi connectivity index (χ2v) is 5.39. The zero-order valence-corrected chi connectivity index (χ0v) is 10.9. The molecule has 1 aliphatic carbocycles. The van der Waals surface area contributed by atoms with Gasteiger partial charge in [-0.15, -0.1) is 0 Å². The minimum absolute atomic E-state index is 0.0640. The predicted molar refractivity (Wildman–Crippen MR) is 69.0 cm³/mol. The van der Waals surface area contributed by atoms with E-state index in [0.717, 1.165) is 19.3 Å². The summed E-state index contributed by atoms with van der Waals surface area (Å²) in [5, 5.41) is 11.7. The number of nitriles is 1. The van der Waals surface area contributed by atoms with Crippen LogP contribution in [0.4, 0.5) is 0 Å². The smallest absolute Gasteiger partial charge is 0.251 e. The Labute approximate surface area is 109 Å². The van der Waals surface area contributed by atoms with Crippen molar-refractivity contribution in [2.24, 2.45) is 0 Å². The summed E-state index contributed by atoms with van der Waals surface area (Å²) in [4.78, 5) is 12.3. The van der Waals surface area contributed by atoms with Crippen LogP contribution in [0.2, 0.25) is 0 Å². The van der Waals surface area contributed by atoms with E-state index in [1.165, 1.54) is 0 Å². The molecule has 2 atom stereocenters. The summed E-state index contributed by atoms with van der Waals surface area (Å²) in [5.74, 6) is -0.0640. The summed E-state index contributed by atoms with van der Waals surface area (Å²) >= 11 is 3.57. The molecule has 0 saturated heterocycles. The molecule has 1 aromatic carbocycles. The van der Waals surface area contributed by atoms with E-state index in [2.05, 4.69) is 21.2 Å². The third-order valence-corrected chi connectivity index (χ3v) is 4.12. The van der Waals surface area contributed by atoms with Gasteiger partial charge >= 0.3 is 0 Å². The van der Waals surface area contributed by atoms with Crippen molar-refractivity contribution in [1.29, 1.82) is 5.26 Å². The number of hydrogen-bond acceptors (Lipinski definition) is 2. The van der Waals surface area contributed by atoms with Gasteiger partial charge in [0.25, 0.3) is 5.91 Å². The summed E-state index contributed by atoms with van der Waals surface area (Å²) in [6.07, 6.45) is 3.28. The van der Waals surface area contributed by atoms with Gasteiger partial charge in [-0.05, 0) is 37.1 Å². The Morgan fingerprint density at radius 1 is 1.35 bits per heavy atom. The number of amides is 1. The number of benzene rings is 1. The summed E-state index contributed by atoms with van der Waals surface area (Å²) in [7, 11) is 0. The molecule has 0 bridgehead atoms. The maximum Gasteiger partial charge on any atom is 0.251 e. The van der Waals surface area contributed by atoms with Gasteiger partial charge in [0.1, 0.15) is 0 Å². The maximum atomic E-state index is 11.9. The molecule has 1 N–H and O–H groups in total. The van der Waals surface area contributed by atoms with Crippen LogP contribution in [0.5, 0.6) is 0 Å². The van der Waals surface area contributed by atoms with Crippen LogP contribution in [0.3, 0.4) is 0 Å². The Morgan fingerprint density at radius 2 is 2.06 bits per heavy atom. The Hall–Kier alpha value is -1.34. The molecule has 4 heteroatoms. The van der Waals surface area contributed by atoms with Crippen LogP contribution in [0.15, 0.2) is 24.3 Å². The number of hydrogen-bond donors (Lipinski definition) is 1. The molecule has 0 aromatic heterocycles.